The van der Waals surface area contributed by atoms with Gasteiger partial charge in [-0.25, -0.2) is 4.98 Å². The van der Waals surface area contributed by atoms with Gasteiger partial charge in [-0.1, -0.05) is 0 Å². The third-order valence-corrected chi connectivity index (χ3v) is 1.31. The number of fused-ring (bicyclic) bond motifs is 1. The summed E-state index contributed by atoms with van der Waals surface area (Å²) in [5.74, 6) is 0.637. The van der Waals surface area contributed by atoms with Gasteiger partial charge in [-0.05, 0) is 5.21 Å². The fraction of sp³-hybridized carbons (Fsp3) is 0.200. The van der Waals surface area contributed by atoms with Gasteiger partial charge in [0.25, 0.3) is 0 Å². The molecule has 0 radical (unpaired) electrons. The smallest absolute Gasteiger partial charge is 0.220 e. The maximum Gasteiger partial charge on any atom is 0.220 e. The van der Waals surface area contributed by atoms with Crippen LogP contribution in [0.15, 0.2) is 12.4 Å². The van der Waals surface area contributed by atoms with Crippen molar-refractivity contribution < 1.29 is 0 Å². The molecule has 0 bridgehead atoms. The molecule has 11 heavy (non-hydrogen) atoms. The van der Waals surface area contributed by atoms with Crippen LogP contribution in [0.2, 0.25) is 0 Å². The lowest BCUT2D eigenvalue weighted by atomic mass is 10.7. The van der Waals surface area contributed by atoms with E-state index in [0.29, 0.717) is 11.5 Å². The van der Waals surface area contributed by atoms with E-state index in [9.17, 15) is 0 Å². The molecular formula is C5H6N6. The van der Waals surface area contributed by atoms with Crippen LogP contribution in [0.3, 0.4) is 0 Å². The van der Waals surface area contributed by atoms with Crippen LogP contribution in [-0.2, 0) is 0 Å². The van der Waals surface area contributed by atoms with Gasteiger partial charge in [0.15, 0.2) is 5.82 Å². The Labute approximate surface area is 62.2 Å². The lowest BCUT2D eigenvalue weighted by Crippen LogP contribution is -1.94. The summed E-state index contributed by atoms with van der Waals surface area (Å²) in [5, 5.41) is 14.3. The molecule has 0 unspecified atom stereocenters. The quantitative estimate of drug-likeness (QED) is 0.597. The third-order valence-electron chi connectivity index (χ3n) is 1.31. The van der Waals surface area contributed by atoms with Gasteiger partial charge in [-0.3, -0.25) is 0 Å². The van der Waals surface area contributed by atoms with Crippen molar-refractivity contribution in [2.75, 3.05) is 12.4 Å². The Kier molecular flexibility index (Phi) is 1.18. The van der Waals surface area contributed by atoms with Crippen molar-refractivity contribution in [2.24, 2.45) is 0 Å². The molecule has 6 heteroatoms. The first-order valence-electron chi connectivity index (χ1n) is 3.12. The monoisotopic (exact) mass is 150 g/mol. The molecule has 0 amide bonds. The number of nitrogens with zero attached hydrogens (tertiary/aromatic N) is 5. The SMILES string of the molecule is CNc1nnn2nccnc12. The summed E-state index contributed by atoms with van der Waals surface area (Å²) in [4.78, 5) is 4.02. The van der Waals surface area contributed by atoms with E-state index in [-0.39, 0.29) is 0 Å². The van der Waals surface area contributed by atoms with Crippen molar-refractivity contribution in [3.8, 4) is 0 Å². The van der Waals surface area contributed by atoms with Gasteiger partial charge in [0, 0.05) is 13.2 Å². The van der Waals surface area contributed by atoms with Crippen LogP contribution >= 0.6 is 0 Å². The van der Waals surface area contributed by atoms with E-state index in [0.717, 1.165) is 0 Å². The molecule has 0 saturated heterocycles. The molecule has 2 rings (SSSR count). The Morgan fingerprint density at radius 3 is 3.18 bits per heavy atom. The maximum absolute atomic E-state index is 4.02. The second-order valence-electron chi connectivity index (χ2n) is 1.94. The van der Waals surface area contributed by atoms with Gasteiger partial charge in [0.2, 0.25) is 5.65 Å². The van der Waals surface area contributed by atoms with Crippen LogP contribution in [0.4, 0.5) is 5.82 Å². The van der Waals surface area contributed by atoms with Crippen LogP contribution in [0.1, 0.15) is 0 Å². The summed E-state index contributed by atoms with van der Waals surface area (Å²) in [5.41, 5.74) is 0.634. The zero-order valence-corrected chi connectivity index (χ0v) is 5.89. The minimum atomic E-state index is 0.634. The Morgan fingerprint density at radius 1 is 1.45 bits per heavy atom. The van der Waals surface area contributed by atoms with Crippen LogP contribution in [-0.4, -0.2) is 32.1 Å². The van der Waals surface area contributed by atoms with Gasteiger partial charge < -0.3 is 5.32 Å². The lowest BCUT2D eigenvalue weighted by molar-refractivity contribution is 0.732. The fourth-order valence-electron chi connectivity index (χ4n) is 0.818. The number of anilines is 1. The third kappa shape index (κ3) is 0.794. The van der Waals surface area contributed by atoms with Crippen molar-refractivity contribution in [3.63, 3.8) is 0 Å². The molecule has 2 heterocycles. The van der Waals surface area contributed by atoms with E-state index in [1.165, 1.54) is 4.63 Å². The molecule has 0 saturated carbocycles. The highest BCUT2D eigenvalue weighted by atomic mass is 15.5. The number of rotatable bonds is 1. The zero-order chi connectivity index (χ0) is 7.68. The molecule has 0 spiro atoms. The van der Waals surface area contributed by atoms with Crippen LogP contribution in [0, 0.1) is 0 Å². The molecule has 0 fully saturated rings. The molecular weight excluding hydrogens is 144 g/mol. The van der Waals surface area contributed by atoms with E-state index in [2.05, 4.69) is 25.7 Å². The lowest BCUT2D eigenvalue weighted by Gasteiger charge is -1.89. The minimum Gasteiger partial charge on any atom is -0.368 e. The van der Waals surface area contributed by atoms with E-state index >= 15 is 0 Å². The first-order valence-corrected chi connectivity index (χ1v) is 3.12. The summed E-state index contributed by atoms with van der Waals surface area (Å²) in [6.45, 7) is 0. The van der Waals surface area contributed by atoms with Crippen LogP contribution in [0.5, 0.6) is 0 Å². The molecule has 2 aromatic rings. The largest absolute Gasteiger partial charge is 0.368 e. The van der Waals surface area contributed by atoms with Crippen LogP contribution in [0.25, 0.3) is 5.65 Å². The summed E-state index contributed by atoms with van der Waals surface area (Å²) in [6.07, 6.45) is 3.15. The number of nitrogens with one attached hydrogen (secondary N) is 1. The van der Waals surface area contributed by atoms with Gasteiger partial charge >= 0.3 is 0 Å². The second kappa shape index (κ2) is 2.15. The standard InChI is InChI=1S/C5H6N6/c1-6-4-5-7-2-3-8-11(5)10-9-4/h2-3,6H,1H3. The normalized spacial score (nSPS) is 10.3. The molecule has 1 N–H and O–H groups in total. The molecule has 0 aromatic carbocycles. The van der Waals surface area contributed by atoms with E-state index < -0.39 is 0 Å². The molecule has 0 atom stereocenters. The first kappa shape index (κ1) is 6.02. The molecule has 2 aromatic heterocycles. The predicted octanol–water partition coefficient (Wildman–Crippen LogP) is -0.439. The van der Waals surface area contributed by atoms with E-state index in [1.807, 2.05) is 0 Å². The Balaban J connectivity index is 2.76. The highest BCUT2D eigenvalue weighted by Gasteiger charge is 2.03. The summed E-state index contributed by atoms with van der Waals surface area (Å²) in [7, 11) is 1.76. The average molecular weight is 150 g/mol. The van der Waals surface area contributed by atoms with E-state index in [1.54, 1.807) is 19.4 Å². The number of aromatic nitrogens is 5. The van der Waals surface area contributed by atoms with Crippen molar-refractivity contribution in [3.05, 3.63) is 12.4 Å². The van der Waals surface area contributed by atoms with Crippen molar-refractivity contribution in [1.82, 2.24) is 25.0 Å². The van der Waals surface area contributed by atoms with E-state index in [4.69, 9.17) is 0 Å². The topological polar surface area (TPSA) is 68.0 Å². The van der Waals surface area contributed by atoms with Gasteiger partial charge in [-0.2, -0.15) is 5.10 Å². The number of hydrogen-bond acceptors (Lipinski definition) is 5. The average Bonchev–Trinajstić information content (AvgIpc) is 2.47. The second-order valence-corrected chi connectivity index (χ2v) is 1.94. The van der Waals surface area contributed by atoms with Crippen molar-refractivity contribution in [2.45, 2.75) is 0 Å². The summed E-state index contributed by atoms with van der Waals surface area (Å²) >= 11 is 0. The molecule has 0 aliphatic carbocycles. The van der Waals surface area contributed by atoms with Crippen molar-refractivity contribution >= 4 is 11.5 Å². The maximum atomic E-state index is 4.02. The van der Waals surface area contributed by atoms with Gasteiger partial charge in [0.1, 0.15) is 0 Å². The molecule has 56 valence electrons. The highest BCUT2D eigenvalue weighted by molar-refractivity contribution is 5.59. The Morgan fingerprint density at radius 2 is 2.36 bits per heavy atom. The predicted molar refractivity (Wildman–Crippen MR) is 38.1 cm³/mol. The van der Waals surface area contributed by atoms with Crippen molar-refractivity contribution in [1.29, 1.82) is 0 Å². The number of hydrogen-bond donors (Lipinski definition) is 1. The first-order chi connectivity index (χ1) is 5.42. The molecule has 6 nitrogen and oxygen atoms in total. The Bertz CT molecular complexity index is 366. The molecule has 0 aliphatic heterocycles. The van der Waals surface area contributed by atoms with Crippen LogP contribution < -0.4 is 5.32 Å². The summed E-state index contributed by atoms with van der Waals surface area (Å²) < 4.78 is 1.37. The fourth-order valence-corrected chi connectivity index (χ4v) is 0.818. The summed E-state index contributed by atoms with van der Waals surface area (Å²) in [6, 6.07) is 0. The van der Waals surface area contributed by atoms with Gasteiger partial charge in [0.05, 0.1) is 6.20 Å². The zero-order valence-electron chi connectivity index (χ0n) is 5.89. The minimum absolute atomic E-state index is 0.634. The highest BCUT2D eigenvalue weighted by Crippen LogP contribution is 2.05. The Hall–Kier alpha value is -1.72. The molecule has 0 aliphatic rings. The van der Waals surface area contributed by atoms with Gasteiger partial charge in [-0.15, -0.1) is 9.73 Å².